The normalized spacial score (nSPS) is 15.9. The van der Waals surface area contributed by atoms with E-state index in [4.69, 9.17) is 0 Å². The summed E-state index contributed by atoms with van der Waals surface area (Å²) >= 11 is 2.43. The second-order valence-electron chi connectivity index (χ2n) is 4.29. The topological polar surface area (TPSA) is 0 Å². The molecule has 0 saturated carbocycles. The second-order valence-corrected chi connectivity index (χ2v) is 5.09. The van der Waals surface area contributed by atoms with Crippen molar-refractivity contribution in [3.05, 3.63) is 0 Å². The van der Waals surface area contributed by atoms with E-state index in [-0.39, 0.29) is 0 Å². The Bertz CT molecular complexity index is 410. The lowest BCUT2D eigenvalue weighted by Gasteiger charge is -2.39. The van der Waals surface area contributed by atoms with E-state index in [2.05, 4.69) is 15.9 Å². The van der Waals surface area contributed by atoms with Gasteiger partial charge in [0.15, 0.2) is 0 Å². The minimum absolute atomic E-state index is 0.473. The molecule has 140 valence electrons. The third-order valence-electron chi connectivity index (χ3n) is 2.62. The molecule has 0 spiro atoms. The molecule has 0 rings (SSSR count). The molecule has 0 fully saturated rings. The molecule has 14 heteroatoms. The summed E-state index contributed by atoms with van der Waals surface area (Å²) in [6.07, 6.45) is -10.5. The molecular weight excluding hydrogens is 435 g/mol. The van der Waals surface area contributed by atoms with Crippen molar-refractivity contribution in [1.82, 2.24) is 0 Å². The average Bonchev–Trinajstić information content (AvgIpc) is 2.34. The van der Waals surface area contributed by atoms with Crippen LogP contribution in [0.25, 0.3) is 0 Å². The van der Waals surface area contributed by atoms with Crippen LogP contribution in [-0.2, 0) is 0 Å². The minimum Gasteiger partial charge on any atom is -0.200 e. The number of hydrogen-bond acceptors (Lipinski definition) is 0. The van der Waals surface area contributed by atoms with Crippen LogP contribution in [0, 0.1) is 0 Å². The van der Waals surface area contributed by atoms with Gasteiger partial charge < -0.3 is 0 Å². The van der Waals surface area contributed by atoms with Crippen LogP contribution < -0.4 is 0 Å². The summed E-state index contributed by atoms with van der Waals surface area (Å²) in [6, 6.07) is 0. The Morgan fingerprint density at radius 1 is 0.522 bits per heavy atom. The zero-order valence-electron chi connectivity index (χ0n) is 10.4. The molecule has 0 nitrogen and oxygen atoms in total. The van der Waals surface area contributed by atoms with Crippen LogP contribution in [-0.4, -0.2) is 41.1 Å². The predicted molar refractivity (Wildman–Crippen MR) is 53.8 cm³/mol. The van der Waals surface area contributed by atoms with Crippen molar-refractivity contribution in [2.45, 2.75) is 48.6 Å². The molecule has 0 amide bonds. The summed E-state index contributed by atoms with van der Waals surface area (Å²) < 4.78 is 164. The third kappa shape index (κ3) is 3.36. The standard InChI is InChI=1S/C9H6BrF13/c10-3-1-2-4(11,12)5(13,14)6(15,16)7(17,18)8(19,20)9(21,22)23/h1-3H2. The zero-order chi connectivity index (χ0) is 19.1. The van der Waals surface area contributed by atoms with Crippen LogP contribution in [0.15, 0.2) is 0 Å². The highest BCUT2D eigenvalue weighted by atomic mass is 79.9. The molecular formula is C9H6BrF13. The number of halogens is 14. The largest absolute Gasteiger partial charge is 0.460 e. The SMILES string of the molecule is FC(F)(F)C(F)(F)C(F)(F)C(F)(F)C(F)(F)C(F)(F)CCCBr. The van der Waals surface area contributed by atoms with Gasteiger partial charge in [-0.2, -0.15) is 57.1 Å². The van der Waals surface area contributed by atoms with Gasteiger partial charge in [-0.05, 0) is 6.42 Å². The van der Waals surface area contributed by atoms with Gasteiger partial charge in [-0.3, -0.25) is 0 Å². The number of rotatable bonds is 7. The van der Waals surface area contributed by atoms with Crippen molar-refractivity contribution in [3.63, 3.8) is 0 Å². The van der Waals surface area contributed by atoms with E-state index in [1.54, 1.807) is 0 Å². The molecule has 0 heterocycles. The lowest BCUT2D eigenvalue weighted by Crippen LogP contribution is -2.70. The van der Waals surface area contributed by atoms with Gasteiger partial charge >= 0.3 is 35.8 Å². The lowest BCUT2D eigenvalue weighted by atomic mass is 9.92. The van der Waals surface area contributed by atoms with Gasteiger partial charge in [0.1, 0.15) is 0 Å². The fourth-order valence-corrected chi connectivity index (χ4v) is 1.53. The maximum Gasteiger partial charge on any atom is 0.460 e. The van der Waals surface area contributed by atoms with E-state index in [1.807, 2.05) is 0 Å². The molecule has 0 aromatic rings. The van der Waals surface area contributed by atoms with Gasteiger partial charge in [0.2, 0.25) is 0 Å². The second kappa shape index (κ2) is 6.14. The van der Waals surface area contributed by atoms with Crippen LogP contribution in [0.2, 0.25) is 0 Å². The van der Waals surface area contributed by atoms with Crippen LogP contribution >= 0.6 is 15.9 Å². The molecule has 0 bridgehead atoms. The summed E-state index contributed by atoms with van der Waals surface area (Å²) in [5.74, 6) is -36.3. The molecule has 0 aromatic carbocycles. The summed E-state index contributed by atoms with van der Waals surface area (Å²) in [7, 11) is 0. The first kappa shape index (κ1) is 22.6. The van der Waals surface area contributed by atoms with Crippen molar-refractivity contribution >= 4 is 15.9 Å². The van der Waals surface area contributed by atoms with E-state index < -0.39 is 54.0 Å². The maximum atomic E-state index is 13.0. The zero-order valence-corrected chi connectivity index (χ0v) is 12.0. The van der Waals surface area contributed by atoms with Gasteiger partial charge in [0.25, 0.3) is 0 Å². The van der Waals surface area contributed by atoms with E-state index in [1.165, 1.54) is 0 Å². The number of hydrogen-bond donors (Lipinski definition) is 0. The van der Waals surface area contributed by atoms with E-state index in [0.29, 0.717) is 0 Å². The predicted octanol–water partition coefficient (Wildman–Crippen LogP) is 5.90. The summed E-state index contributed by atoms with van der Waals surface area (Å²) in [6.45, 7) is 0. The van der Waals surface area contributed by atoms with Crippen molar-refractivity contribution in [2.24, 2.45) is 0 Å². The van der Waals surface area contributed by atoms with Crippen LogP contribution in [0.3, 0.4) is 0 Å². The molecule has 0 aliphatic carbocycles. The van der Waals surface area contributed by atoms with Crippen molar-refractivity contribution in [3.8, 4) is 0 Å². The summed E-state index contributed by atoms with van der Waals surface area (Å²) in [5, 5.41) is -0.473. The first-order valence-electron chi connectivity index (χ1n) is 5.33. The summed E-state index contributed by atoms with van der Waals surface area (Å²) in [4.78, 5) is 0. The first-order chi connectivity index (χ1) is 9.81. The highest BCUT2D eigenvalue weighted by Gasteiger charge is 2.90. The van der Waals surface area contributed by atoms with E-state index in [9.17, 15) is 57.1 Å². The lowest BCUT2D eigenvalue weighted by molar-refractivity contribution is -0.440. The molecule has 23 heavy (non-hydrogen) atoms. The van der Waals surface area contributed by atoms with Gasteiger partial charge in [0.05, 0.1) is 0 Å². The first-order valence-corrected chi connectivity index (χ1v) is 6.45. The van der Waals surface area contributed by atoms with Gasteiger partial charge in [0, 0.05) is 11.8 Å². The maximum absolute atomic E-state index is 13.0. The van der Waals surface area contributed by atoms with Crippen LogP contribution in [0.4, 0.5) is 57.1 Å². The van der Waals surface area contributed by atoms with E-state index in [0.717, 1.165) is 0 Å². The Morgan fingerprint density at radius 2 is 0.870 bits per heavy atom. The van der Waals surface area contributed by atoms with Gasteiger partial charge in [-0.1, -0.05) is 15.9 Å². The fourth-order valence-electron chi connectivity index (χ4n) is 1.25. The van der Waals surface area contributed by atoms with Gasteiger partial charge in [-0.25, -0.2) is 0 Å². The smallest absolute Gasteiger partial charge is 0.200 e. The van der Waals surface area contributed by atoms with Crippen molar-refractivity contribution in [2.75, 3.05) is 5.33 Å². The molecule has 0 aromatic heterocycles. The molecule has 0 radical (unpaired) electrons. The molecule has 0 aliphatic rings. The van der Waals surface area contributed by atoms with Crippen molar-refractivity contribution in [1.29, 1.82) is 0 Å². The van der Waals surface area contributed by atoms with Crippen LogP contribution in [0.1, 0.15) is 12.8 Å². The Balaban J connectivity index is 6.03. The van der Waals surface area contributed by atoms with Crippen molar-refractivity contribution < 1.29 is 57.1 Å². The third-order valence-corrected chi connectivity index (χ3v) is 3.18. The molecule has 0 N–H and O–H groups in total. The highest BCUT2D eigenvalue weighted by molar-refractivity contribution is 9.09. The Morgan fingerprint density at radius 3 is 1.17 bits per heavy atom. The molecule has 0 aliphatic heterocycles. The van der Waals surface area contributed by atoms with Gasteiger partial charge in [-0.15, -0.1) is 0 Å². The Labute approximate surface area is 128 Å². The Hall–Kier alpha value is -0.430. The van der Waals surface area contributed by atoms with E-state index >= 15 is 0 Å². The number of alkyl halides is 14. The highest BCUT2D eigenvalue weighted by Crippen LogP contribution is 2.60. The minimum atomic E-state index is -7.82. The monoisotopic (exact) mass is 440 g/mol. The summed E-state index contributed by atoms with van der Waals surface area (Å²) in [5.41, 5.74) is 0. The molecule has 0 atom stereocenters. The quantitative estimate of drug-likeness (QED) is 0.341. The molecule has 0 unspecified atom stereocenters. The average molecular weight is 441 g/mol. The van der Waals surface area contributed by atoms with Crippen LogP contribution in [0.5, 0.6) is 0 Å². The fraction of sp³-hybridized carbons (Fsp3) is 1.00. The molecule has 0 saturated heterocycles. The Kier molecular flexibility index (Phi) is 6.02.